The van der Waals surface area contributed by atoms with Crippen molar-refractivity contribution in [2.24, 2.45) is 0 Å². The smallest absolute Gasteiger partial charge is 0.443 e. The molecule has 17 rings (SSSR count). The zero-order valence-corrected chi connectivity index (χ0v) is 51.0. The molecule has 0 unspecified atom stereocenters. The minimum atomic E-state index is -3.70. The van der Waals surface area contributed by atoms with Crippen LogP contribution in [0.5, 0.6) is 17.4 Å². The van der Waals surface area contributed by atoms with E-state index in [0.29, 0.717) is 98.1 Å². The highest BCUT2D eigenvalue weighted by Gasteiger charge is 2.44. The SMILES string of the molecule is CCNC(=O)c1nc2cccnn2c1-c1ccc(Cl)cc1.O=C(NC1CC1)c1nc2cccnn2c1-c1ccc(OC(F)F)nc1.O=C(NC1CC1)c1nc2cccnn2c1-c1ccc2ncoc2c1.O=C(c1nc2cccnn2c1-c1ccc2c(c1)OC(F)(F)O2)N1CCC1. The van der Waals surface area contributed by atoms with Gasteiger partial charge in [0, 0.05) is 96.0 Å². The van der Waals surface area contributed by atoms with Crippen LogP contribution in [-0.4, -0.2) is 142 Å². The van der Waals surface area contributed by atoms with Crippen molar-refractivity contribution in [3.8, 4) is 62.4 Å². The van der Waals surface area contributed by atoms with Crippen LogP contribution in [-0.2, 0) is 0 Å². The second-order valence-corrected chi connectivity index (χ2v) is 22.5. The molecule has 12 heterocycles. The Morgan fingerprint density at radius 1 is 0.583 bits per heavy atom. The predicted octanol–water partition coefficient (Wildman–Crippen LogP) is 10.1. The first-order valence-electron chi connectivity index (χ1n) is 30.1. The molecule has 2 aliphatic carbocycles. The van der Waals surface area contributed by atoms with Crippen molar-refractivity contribution >= 4 is 68.9 Å². The molecule has 484 valence electrons. The molecule has 13 aromatic rings. The Balaban J connectivity index is 0.000000110. The van der Waals surface area contributed by atoms with Gasteiger partial charge in [0.05, 0.1) is 0 Å². The van der Waals surface area contributed by atoms with Crippen LogP contribution in [0, 0.1) is 0 Å². The van der Waals surface area contributed by atoms with Gasteiger partial charge in [0.2, 0.25) is 5.88 Å². The van der Waals surface area contributed by atoms with Gasteiger partial charge >= 0.3 is 12.9 Å². The standard InChI is InChI=1S/C17H12F2N4O3.C17H13N5O2.C16H13F2N5O2.C15H13ClN4O/c18-17(19)25-11-5-4-10(9-12(11)26-17)15-14(16(24)22-7-2-8-22)21-13-3-1-6-20-23(13)15;23-17(20-11-4-5-11)15-16(22-14(21-15)2-1-7-19-22)10-3-6-12-13(8-10)24-9-18-12;17-16(18)25-12-6-3-9(8-19-12)14-13(15(24)21-10-4-5-10)22-11-2-1-7-20-23(11)14;1-2-17-15(21)13-14(10-5-7-11(16)8-6-10)20-12(19-13)4-3-9-18-20/h1,3-6,9H,2,7-8H2;1-3,6-9,11H,4-5H2,(H,20,23);1-3,6-8,10,16H,4-5H2,(H,21,24);3-9H,2H2,1H3,(H,17,21). The van der Waals surface area contributed by atoms with Gasteiger partial charge in [0.1, 0.15) is 28.3 Å². The molecular weight excluding hydrogens is 1270 g/mol. The fourth-order valence-electron chi connectivity index (χ4n) is 10.5. The molecule has 4 amide bonds. The number of benzene rings is 3. The summed E-state index contributed by atoms with van der Waals surface area (Å²) in [6, 6.07) is 34.6. The average Bonchev–Trinajstić information content (AvgIpc) is 1.66. The highest BCUT2D eigenvalue weighted by molar-refractivity contribution is 6.30. The van der Waals surface area contributed by atoms with E-state index in [1.807, 2.05) is 49.4 Å². The number of alkyl halides is 4. The van der Waals surface area contributed by atoms with Gasteiger partial charge in [-0.25, -0.2) is 48.0 Å². The molecule has 31 heteroatoms. The van der Waals surface area contributed by atoms with Crippen LogP contribution in [0.15, 0.2) is 163 Å². The largest absolute Gasteiger partial charge is 0.586 e. The number of oxazole rings is 1. The maximum atomic E-state index is 13.3. The Labute approximate surface area is 543 Å². The summed E-state index contributed by atoms with van der Waals surface area (Å²) in [6.07, 6.45) is 10.4. The van der Waals surface area contributed by atoms with Gasteiger partial charge in [-0.2, -0.15) is 29.2 Å². The molecule has 4 aliphatic rings. The van der Waals surface area contributed by atoms with Crippen LogP contribution in [0.25, 0.3) is 78.7 Å². The lowest BCUT2D eigenvalue weighted by Gasteiger charge is -2.30. The molecule has 3 fully saturated rings. The van der Waals surface area contributed by atoms with Crippen LogP contribution in [0.2, 0.25) is 5.02 Å². The van der Waals surface area contributed by atoms with Gasteiger partial charge in [0.15, 0.2) is 68.8 Å². The lowest BCUT2D eigenvalue weighted by atomic mass is 10.1. The Hall–Kier alpha value is -12.0. The first-order valence-corrected chi connectivity index (χ1v) is 30.5. The summed E-state index contributed by atoms with van der Waals surface area (Å²) in [5, 5.41) is 26.4. The third kappa shape index (κ3) is 12.8. The number of nitrogens with zero attached hydrogens (tertiary/aromatic N) is 15. The van der Waals surface area contributed by atoms with Crippen LogP contribution in [0.4, 0.5) is 17.6 Å². The van der Waals surface area contributed by atoms with Crippen LogP contribution < -0.4 is 30.2 Å². The molecule has 0 radical (unpaired) electrons. The maximum Gasteiger partial charge on any atom is 0.586 e. The van der Waals surface area contributed by atoms with E-state index in [2.05, 4.69) is 80.5 Å². The lowest BCUT2D eigenvalue weighted by Crippen LogP contribution is -2.42. The Morgan fingerprint density at radius 2 is 1.06 bits per heavy atom. The van der Waals surface area contributed by atoms with Gasteiger partial charge in [-0.3, -0.25) is 19.2 Å². The van der Waals surface area contributed by atoms with Gasteiger partial charge in [0.25, 0.3) is 23.6 Å². The molecule has 2 saturated carbocycles. The third-order valence-corrected chi connectivity index (χ3v) is 15.6. The highest BCUT2D eigenvalue weighted by Crippen LogP contribution is 2.44. The van der Waals surface area contributed by atoms with Crippen molar-refractivity contribution in [1.29, 1.82) is 0 Å². The van der Waals surface area contributed by atoms with Crippen molar-refractivity contribution < 1.29 is 55.4 Å². The molecule has 0 bridgehead atoms. The van der Waals surface area contributed by atoms with E-state index in [9.17, 15) is 36.7 Å². The Bertz CT molecular complexity index is 5110. The number of pyridine rings is 1. The number of imidazole rings is 4. The molecular formula is C65H51ClF4N18O8. The molecule has 1 saturated heterocycles. The number of hydrogen-bond donors (Lipinski definition) is 3. The number of hydrogen-bond acceptors (Lipinski definition) is 18. The van der Waals surface area contributed by atoms with Crippen LogP contribution >= 0.6 is 11.6 Å². The Morgan fingerprint density at radius 3 is 1.57 bits per heavy atom. The van der Waals surface area contributed by atoms with Crippen LogP contribution in [0.1, 0.15) is 81.0 Å². The number of amides is 4. The van der Waals surface area contributed by atoms with E-state index in [1.54, 1.807) is 93.3 Å². The second kappa shape index (κ2) is 25.9. The molecule has 26 nitrogen and oxygen atoms in total. The molecule has 2 aliphatic heterocycles. The van der Waals surface area contributed by atoms with E-state index in [4.69, 9.17) is 16.0 Å². The lowest BCUT2D eigenvalue weighted by molar-refractivity contribution is -0.286. The number of ether oxygens (including phenoxy) is 3. The summed E-state index contributed by atoms with van der Waals surface area (Å²) in [4.78, 5) is 77.4. The number of likely N-dealkylation sites (tertiary alicyclic amines) is 1. The quantitative estimate of drug-likeness (QED) is 0.0904. The third-order valence-electron chi connectivity index (χ3n) is 15.3. The number of fused-ring (bicyclic) bond motifs is 6. The van der Waals surface area contributed by atoms with Crippen molar-refractivity contribution in [3.05, 3.63) is 187 Å². The minimum Gasteiger partial charge on any atom is -0.443 e. The van der Waals surface area contributed by atoms with E-state index in [-0.39, 0.29) is 64.5 Å². The second-order valence-electron chi connectivity index (χ2n) is 22.0. The molecule has 3 N–H and O–H groups in total. The van der Waals surface area contributed by atoms with Gasteiger partial charge in [-0.05, 0) is 136 Å². The molecule has 10 aromatic heterocycles. The van der Waals surface area contributed by atoms with Gasteiger partial charge in [-0.15, -0.1) is 8.78 Å². The maximum absolute atomic E-state index is 13.3. The highest BCUT2D eigenvalue weighted by atomic mass is 35.5. The number of carbonyl (C=O) groups is 4. The summed E-state index contributed by atoms with van der Waals surface area (Å²) >= 11 is 5.93. The molecule has 0 atom stereocenters. The summed E-state index contributed by atoms with van der Waals surface area (Å²) < 4.78 is 76.1. The van der Waals surface area contributed by atoms with Crippen molar-refractivity contribution in [1.82, 2.24) is 89.2 Å². The van der Waals surface area contributed by atoms with Gasteiger partial charge < -0.3 is 39.5 Å². The van der Waals surface area contributed by atoms with E-state index < -0.39 is 12.9 Å². The number of aromatic nitrogens is 14. The fourth-order valence-corrected chi connectivity index (χ4v) is 10.6. The summed E-state index contributed by atoms with van der Waals surface area (Å²) in [6.45, 7) is 0.809. The topological polar surface area (TPSA) is 295 Å². The Kier molecular flexibility index (Phi) is 16.6. The number of nitrogens with one attached hydrogen (secondary N) is 3. The molecule has 3 aromatic carbocycles. The minimum absolute atomic E-state index is 0.0591. The van der Waals surface area contributed by atoms with Crippen molar-refractivity contribution in [3.63, 3.8) is 0 Å². The first kappa shape index (κ1) is 61.5. The van der Waals surface area contributed by atoms with E-state index in [1.165, 1.54) is 45.9 Å². The van der Waals surface area contributed by atoms with Crippen molar-refractivity contribution in [2.75, 3.05) is 19.6 Å². The number of rotatable bonds is 13. The zero-order valence-electron chi connectivity index (χ0n) is 50.3. The first-order chi connectivity index (χ1) is 46.6. The van der Waals surface area contributed by atoms with E-state index in [0.717, 1.165) is 48.7 Å². The monoisotopic (exact) mass is 1320 g/mol. The molecule has 96 heavy (non-hydrogen) atoms. The fraction of sp³-hybridized carbons (Fsp3) is 0.200. The van der Waals surface area contributed by atoms with Crippen LogP contribution in [0.3, 0.4) is 0 Å². The average molecular weight is 1320 g/mol. The van der Waals surface area contributed by atoms with E-state index >= 15 is 0 Å². The zero-order chi connectivity index (χ0) is 66.2. The van der Waals surface area contributed by atoms with Gasteiger partial charge in [-0.1, -0.05) is 29.8 Å². The normalized spacial score (nSPS) is 14.3. The van der Waals surface area contributed by atoms with Crippen molar-refractivity contribution in [2.45, 2.75) is 64.0 Å². The predicted molar refractivity (Wildman–Crippen MR) is 336 cm³/mol. The summed E-state index contributed by atoms with van der Waals surface area (Å²) in [7, 11) is 0. The molecule has 0 spiro atoms. The summed E-state index contributed by atoms with van der Waals surface area (Å²) in [5.74, 6) is -1.25. The summed E-state index contributed by atoms with van der Waals surface area (Å²) in [5.41, 5.74) is 9.72. The number of halogens is 5. The number of carbonyl (C=O) groups excluding carboxylic acids is 4.